The van der Waals surface area contributed by atoms with Gasteiger partial charge in [0.25, 0.3) is 0 Å². The quantitative estimate of drug-likeness (QED) is 0.670. The molecule has 4 nitrogen and oxygen atoms in total. The first kappa shape index (κ1) is 21.2. The van der Waals surface area contributed by atoms with Crippen LogP contribution in [-0.4, -0.2) is 20.7 Å². The zero-order valence-corrected chi connectivity index (χ0v) is 17.3. The molecule has 0 saturated carbocycles. The van der Waals surface area contributed by atoms with Crippen LogP contribution < -0.4 is 4.72 Å². The third-order valence-corrected chi connectivity index (χ3v) is 5.14. The van der Waals surface area contributed by atoms with E-state index in [1.165, 1.54) is 0 Å². The summed E-state index contributed by atoms with van der Waals surface area (Å²) in [6.07, 6.45) is 3.09. The summed E-state index contributed by atoms with van der Waals surface area (Å²) in [5.74, 6) is 0. The van der Waals surface area contributed by atoms with E-state index in [9.17, 15) is 13.2 Å². The molecule has 0 fully saturated rings. The van der Waals surface area contributed by atoms with Crippen molar-refractivity contribution in [2.75, 3.05) is 0 Å². The van der Waals surface area contributed by atoms with Crippen LogP contribution in [0.5, 0.6) is 0 Å². The largest absolute Gasteiger partial charge is 0.542 e. The van der Waals surface area contributed by atoms with E-state index in [2.05, 4.69) is 4.72 Å². The maximum absolute atomic E-state index is 12.4. The molecular weight excluding hydrogens is 399 g/mol. The molecule has 1 unspecified atom stereocenters. The van der Waals surface area contributed by atoms with Crippen LogP contribution in [0.15, 0.2) is 59.5 Å². The second-order valence-electron chi connectivity index (χ2n) is 5.50. The molecule has 1 radical (unpaired) electrons. The molecule has 6 heteroatoms. The van der Waals surface area contributed by atoms with Gasteiger partial charge in [-0.05, 0) is 43.5 Å². The SMILES string of the molecule is Cc1ccc(S(=O)(=O)NC(C[C-]=O)CCc2ccccc2)cc1.[Y]. The van der Waals surface area contributed by atoms with Gasteiger partial charge in [0.1, 0.15) is 0 Å². The summed E-state index contributed by atoms with van der Waals surface area (Å²) in [5.41, 5.74) is 2.10. The van der Waals surface area contributed by atoms with Crippen LogP contribution in [0.2, 0.25) is 0 Å². The average Bonchev–Trinajstić information content (AvgIpc) is 2.54. The maximum atomic E-state index is 12.4. The molecule has 0 aliphatic rings. The number of hydrogen-bond acceptors (Lipinski definition) is 3. The molecule has 0 bridgehead atoms. The van der Waals surface area contributed by atoms with Gasteiger partial charge in [0, 0.05) is 32.7 Å². The summed E-state index contributed by atoms with van der Waals surface area (Å²) < 4.78 is 27.4. The van der Waals surface area contributed by atoms with Gasteiger partial charge >= 0.3 is 0 Å². The number of hydrogen-bond donors (Lipinski definition) is 1. The Kier molecular flexibility index (Phi) is 8.99. The first-order valence-electron chi connectivity index (χ1n) is 7.49. The summed E-state index contributed by atoms with van der Waals surface area (Å²) in [7, 11) is -3.63. The summed E-state index contributed by atoms with van der Waals surface area (Å²) in [4.78, 5) is 10.9. The van der Waals surface area contributed by atoms with Crippen LogP contribution in [0.1, 0.15) is 24.0 Å². The maximum Gasteiger partial charge on any atom is 0.240 e. The molecule has 0 spiro atoms. The monoisotopic (exact) mass is 419 g/mol. The second kappa shape index (κ2) is 10.2. The fraction of sp³-hybridized carbons (Fsp3) is 0.278. The number of carbonyl (C=O) groups excluding carboxylic acids is 1. The normalized spacial score (nSPS) is 12.2. The van der Waals surface area contributed by atoms with E-state index >= 15 is 0 Å². The number of nitrogens with one attached hydrogen (secondary N) is 1. The molecule has 0 aliphatic carbocycles. The van der Waals surface area contributed by atoms with Gasteiger partial charge in [-0.15, -0.1) is 6.42 Å². The Labute approximate surface area is 169 Å². The predicted molar refractivity (Wildman–Crippen MR) is 90.4 cm³/mol. The molecule has 1 N–H and O–H groups in total. The fourth-order valence-electron chi connectivity index (χ4n) is 2.29. The minimum atomic E-state index is -3.63. The van der Waals surface area contributed by atoms with E-state index in [1.807, 2.05) is 43.5 Å². The van der Waals surface area contributed by atoms with Crippen LogP contribution in [0.25, 0.3) is 0 Å². The Hall–Kier alpha value is -0.876. The number of aryl methyl sites for hydroxylation is 2. The summed E-state index contributed by atoms with van der Waals surface area (Å²) >= 11 is 0. The summed E-state index contributed by atoms with van der Waals surface area (Å²) in [6.45, 7) is 1.90. The van der Waals surface area contributed by atoms with Crippen molar-refractivity contribution in [2.45, 2.75) is 37.1 Å². The zero-order chi connectivity index (χ0) is 16.7. The van der Waals surface area contributed by atoms with Gasteiger partial charge in [-0.3, -0.25) is 6.29 Å². The number of rotatable bonds is 8. The van der Waals surface area contributed by atoms with E-state index < -0.39 is 16.1 Å². The zero-order valence-electron chi connectivity index (χ0n) is 13.6. The molecule has 2 aromatic rings. The molecule has 0 saturated heterocycles. The first-order valence-corrected chi connectivity index (χ1v) is 8.97. The predicted octanol–water partition coefficient (Wildman–Crippen LogP) is 2.77. The van der Waals surface area contributed by atoms with Crippen molar-refractivity contribution in [1.29, 1.82) is 0 Å². The van der Waals surface area contributed by atoms with Gasteiger partial charge in [-0.1, -0.05) is 48.0 Å². The van der Waals surface area contributed by atoms with Crippen molar-refractivity contribution in [1.82, 2.24) is 4.72 Å². The van der Waals surface area contributed by atoms with Crippen molar-refractivity contribution in [3.8, 4) is 0 Å². The van der Waals surface area contributed by atoms with E-state index in [4.69, 9.17) is 0 Å². The van der Waals surface area contributed by atoms with Gasteiger partial charge in [0.15, 0.2) is 0 Å². The number of sulfonamides is 1. The van der Waals surface area contributed by atoms with Crippen molar-refractivity contribution < 1.29 is 45.9 Å². The molecule has 1 atom stereocenters. The van der Waals surface area contributed by atoms with Crippen molar-refractivity contribution in [3.63, 3.8) is 0 Å². The van der Waals surface area contributed by atoms with Crippen LogP contribution in [0.4, 0.5) is 0 Å². The molecule has 24 heavy (non-hydrogen) atoms. The smallest absolute Gasteiger partial charge is 0.240 e. The minimum absolute atomic E-state index is 0. The topological polar surface area (TPSA) is 63.2 Å². The van der Waals surface area contributed by atoms with Crippen molar-refractivity contribution >= 4 is 16.3 Å². The van der Waals surface area contributed by atoms with Gasteiger partial charge in [0.05, 0.1) is 4.90 Å². The number of benzene rings is 2. The second-order valence-corrected chi connectivity index (χ2v) is 7.22. The van der Waals surface area contributed by atoms with E-state index in [-0.39, 0.29) is 44.0 Å². The van der Waals surface area contributed by atoms with E-state index in [1.54, 1.807) is 24.3 Å². The van der Waals surface area contributed by atoms with Crippen LogP contribution >= 0.6 is 0 Å². The van der Waals surface area contributed by atoms with Crippen molar-refractivity contribution in [2.24, 2.45) is 0 Å². The van der Waals surface area contributed by atoms with Gasteiger partial charge in [-0.25, -0.2) is 13.1 Å². The van der Waals surface area contributed by atoms with E-state index in [0.717, 1.165) is 11.1 Å². The van der Waals surface area contributed by atoms with Gasteiger partial charge < -0.3 is 4.79 Å². The molecule has 0 aliphatic heterocycles. The first-order chi connectivity index (χ1) is 11.0. The standard InChI is InChI=1S/C18H20NO3S.Y/c1-15-7-11-18(12-8-15)23(21,22)19-17(13-14-20)10-9-16-5-3-2-4-6-16;/h2-8,11-12,17,19H,9-10,13H2,1H3;/q-1;. The Morgan fingerprint density at radius 1 is 1.04 bits per heavy atom. The van der Waals surface area contributed by atoms with Gasteiger partial charge in [-0.2, -0.15) is 0 Å². The van der Waals surface area contributed by atoms with Crippen LogP contribution in [0.3, 0.4) is 0 Å². The Bertz CT molecular complexity index is 731. The molecule has 2 aromatic carbocycles. The van der Waals surface area contributed by atoms with Gasteiger partial charge in [0.2, 0.25) is 10.0 Å². The minimum Gasteiger partial charge on any atom is -0.542 e. The molecule has 0 amide bonds. The third kappa shape index (κ3) is 6.56. The van der Waals surface area contributed by atoms with E-state index in [0.29, 0.717) is 12.8 Å². The van der Waals surface area contributed by atoms with Crippen LogP contribution in [0, 0.1) is 6.92 Å². The Balaban J connectivity index is 0.00000288. The Morgan fingerprint density at radius 2 is 1.67 bits per heavy atom. The molecule has 0 aromatic heterocycles. The Morgan fingerprint density at radius 3 is 2.25 bits per heavy atom. The molecule has 125 valence electrons. The molecule has 2 rings (SSSR count). The van der Waals surface area contributed by atoms with Crippen LogP contribution in [-0.2, 0) is 53.9 Å². The molecule has 0 heterocycles. The average molecular weight is 419 g/mol. The molecular formula is C18H20NO3SY-. The third-order valence-electron chi connectivity index (χ3n) is 3.61. The van der Waals surface area contributed by atoms with Crippen molar-refractivity contribution in [3.05, 3.63) is 65.7 Å². The fourth-order valence-corrected chi connectivity index (χ4v) is 3.56. The summed E-state index contributed by atoms with van der Waals surface area (Å²) in [6, 6.07) is 15.9. The summed E-state index contributed by atoms with van der Waals surface area (Å²) in [5, 5.41) is 0.